The molecule has 0 aliphatic carbocycles. The fraction of sp³-hybridized carbons (Fsp3) is 0.733. The molecule has 118 valence electrons. The van der Waals surface area contributed by atoms with Crippen LogP contribution in [0.15, 0.2) is 0 Å². The number of nitrogens with one attached hydrogen (secondary N) is 1. The van der Waals surface area contributed by atoms with Crippen LogP contribution in [0, 0.1) is 3.57 Å². The Morgan fingerprint density at radius 2 is 2.24 bits per heavy atom. The SMILES string of the molecule is CCCNc1nc(CC2CCCCO2)nc(COC)c1I. The molecule has 0 aromatic carbocycles. The van der Waals surface area contributed by atoms with Crippen molar-refractivity contribution in [3.8, 4) is 0 Å². The van der Waals surface area contributed by atoms with Crippen molar-refractivity contribution in [1.82, 2.24) is 9.97 Å². The number of hydrogen-bond acceptors (Lipinski definition) is 5. The molecule has 21 heavy (non-hydrogen) atoms. The van der Waals surface area contributed by atoms with Gasteiger partial charge in [-0.1, -0.05) is 6.92 Å². The van der Waals surface area contributed by atoms with Crippen molar-refractivity contribution < 1.29 is 9.47 Å². The monoisotopic (exact) mass is 405 g/mol. The maximum absolute atomic E-state index is 5.80. The summed E-state index contributed by atoms with van der Waals surface area (Å²) in [5.41, 5.74) is 0.956. The van der Waals surface area contributed by atoms with E-state index in [1.165, 1.54) is 12.8 Å². The Labute approximate surface area is 140 Å². The molecule has 0 amide bonds. The molecule has 1 N–H and O–H groups in total. The first-order valence-corrected chi connectivity index (χ1v) is 8.72. The highest BCUT2D eigenvalue weighted by Gasteiger charge is 2.18. The van der Waals surface area contributed by atoms with Crippen LogP contribution < -0.4 is 5.32 Å². The van der Waals surface area contributed by atoms with E-state index in [1.807, 2.05) is 0 Å². The average molecular weight is 405 g/mol. The lowest BCUT2D eigenvalue weighted by Gasteiger charge is -2.22. The number of aromatic nitrogens is 2. The minimum atomic E-state index is 0.258. The van der Waals surface area contributed by atoms with Gasteiger partial charge in [0.15, 0.2) is 0 Å². The second kappa shape index (κ2) is 8.85. The van der Waals surface area contributed by atoms with Crippen molar-refractivity contribution in [2.75, 3.05) is 25.6 Å². The topological polar surface area (TPSA) is 56.3 Å². The molecule has 1 aromatic rings. The maximum Gasteiger partial charge on any atom is 0.143 e. The van der Waals surface area contributed by atoms with Crippen LogP contribution in [0.25, 0.3) is 0 Å². The fourth-order valence-electron chi connectivity index (χ4n) is 2.40. The summed E-state index contributed by atoms with van der Waals surface area (Å²) in [6.45, 7) is 4.44. The minimum Gasteiger partial charge on any atom is -0.378 e. The molecule has 1 unspecified atom stereocenters. The lowest BCUT2D eigenvalue weighted by atomic mass is 10.1. The van der Waals surface area contributed by atoms with Crippen LogP contribution in [0.2, 0.25) is 0 Å². The zero-order valence-corrected chi connectivity index (χ0v) is 15.0. The molecular formula is C15H24IN3O2. The predicted molar refractivity (Wildman–Crippen MR) is 91.5 cm³/mol. The first kappa shape index (κ1) is 16.9. The molecule has 0 radical (unpaired) electrons. The van der Waals surface area contributed by atoms with Crippen LogP contribution in [-0.4, -0.2) is 36.3 Å². The van der Waals surface area contributed by atoms with Gasteiger partial charge in [-0.05, 0) is 48.3 Å². The molecule has 0 saturated carbocycles. The second-order valence-electron chi connectivity index (χ2n) is 5.30. The van der Waals surface area contributed by atoms with E-state index < -0.39 is 0 Å². The van der Waals surface area contributed by atoms with Crippen molar-refractivity contribution in [3.05, 3.63) is 15.1 Å². The molecule has 1 saturated heterocycles. The van der Waals surface area contributed by atoms with Gasteiger partial charge in [0.1, 0.15) is 11.6 Å². The highest BCUT2D eigenvalue weighted by atomic mass is 127. The molecule has 1 fully saturated rings. The average Bonchev–Trinajstić information content (AvgIpc) is 2.50. The lowest BCUT2D eigenvalue weighted by Crippen LogP contribution is -2.23. The summed E-state index contributed by atoms with van der Waals surface area (Å²) in [7, 11) is 1.70. The Bertz CT molecular complexity index is 451. The Kier molecular flexibility index (Phi) is 7.12. The summed E-state index contributed by atoms with van der Waals surface area (Å²) in [6.07, 6.45) is 5.62. The smallest absolute Gasteiger partial charge is 0.143 e. The van der Waals surface area contributed by atoms with E-state index in [4.69, 9.17) is 9.47 Å². The quantitative estimate of drug-likeness (QED) is 0.707. The predicted octanol–water partition coefficient (Wildman–Crippen LogP) is 3.16. The van der Waals surface area contributed by atoms with Gasteiger partial charge in [0.2, 0.25) is 0 Å². The van der Waals surface area contributed by atoms with Crippen LogP contribution in [0.4, 0.5) is 5.82 Å². The molecule has 6 heteroatoms. The van der Waals surface area contributed by atoms with E-state index in [0.29, 0.717) is 6.61 Å². The standard InChI is InChI=1S/C15H24IN3O2/c1-3-7-17-15-14(16)12(10-20-2)18-13(19-15)9-11-6-4-5-8-21-11/h11H,3-10H2,1-2H3,(H,17,18,19). The zero-order valence-electron chi connectivity index (χ0n) is 12.8. The normalized spacial score (nSPS) is 18.7. The number of ether oxygens (including phenoxy) is 2. The van der Waals surface area contributed by atoms with Crippen molar-refractivity contribution in [3.63, 3.8) is 0 Å². The first-order valence-electron chi connectivity index (χ1n) is 7.64. The van der Waals surface area contributed by atoms with Gasteiger partial charge >= 0.3 is 0 Å². The Morgan fingerprint density at radius 1 is 1.38 bits per heavy atom. The van der Waals surface area contributed by atoms with Gasteiger partial charge in [-0.25, -0.2) is 9.97 Å². The minimum absolute atomic E-state index is 0.258. The number of halogens is 1. The van der Waals surface area contributed by atoms with Crippen LogP contribution in [0.1, 0.15) is 44.1 Å². The third kappa shape index (κ3) is 5.03. The molecular weight excluding hydrogens is 381 g/mol. The van der Waals surface area contributed by atoms with E-state index >= 15 is 0 Å². The molecule has 5 nitrogen and oxygen atoms in total. The molecule has 1 atom stereocenters. The Hall–Kier alpha value is -0.470. The number of rotatable bonds is 7. The van der Waals surface area contributed by atoms with Crippen molar-refractivity contribution in [1.29, 1.82) is 0 Å². The van der Waals surface area contributed by atoms with E-state index in [-0.39, 0.29) is 6.10 Å². The van der Waals surface area contributed by atoms with Gasteiger partial charge in [-0.2, -0.15) is 0 Å². The molecule has 0 spiro atoms. The van der Waals surface area contributed by atoms with Crippen molar-refractivity contribution in [2.45, 2.75) is 51.7 Å². The molecule has 1 aliphatic rings. The molecule has 2 heterocycles. The van der Waals surface area contributed by atoms with Crippen molar-refractivity contribution >= 4 is 28.4 Å². The van der Waals surface area contributed by atoms with Gasteiger partial charge in [-0.15, -0.1) is 0 Å². The van der Waals surface area contributed by atoms with Gasteiger partial charge in [-0.3, -0.25) is 0 Å². The summed E-state index contributed by atoms with van der Waals surface area (Å²) in [4.78, 5) is 9.34. The van der Waals surface area contributed by atoms with Crippen LogP contribution in [0.3, 0.4) is 0 Å². The fourth-order valence-corrected chi connectivity index (χ4v) is 2.99. The van der Waals surface area contributed by atoms with Crippen LogP contribution in [0.5, 0.6) is 0 Å². The number of anilines is 1. The van der Waals surface area contributed by atoms with E-state index in [1.54, 1.807) is 7.11 Å². The van der Waals surface area contributed by atoms with Gasteiger partial charge in [0, 0.05) is 26.7 Å². The van der Waals surface area contributed by atoms with Gasteiger partial charge in [0.05, 0.1) is 22.0 Å². The van der Waals surface area contributed by atoms with E-state index in [0.717, 1.165) is 53.3 Å². The van der Waals surface area contributed by atoms with Crippen LogP contribution in [-0.2, 0) is 22.5 Å². The second-order valence-corrected chi connectivity index (χ2v) is 6.38. The largest absolute Gasteiger partial charge is 0.378 e. The Balaban J connectivity index is 2.16. The molecule has 1 aromatic heterocycles. The molecule has 1 aliphatic heterocycles. The van der Waals surface area contributed by atoms with E-state index in [2.05, 4.69) is 44.8 Å². The summed E-state index contributed by atoms with van der Waals surface area (Å²) >= 11 is 2.29. The summed E-state index contributed by atoms with van der Waals surface area (Å²) in [6, 6.07) is 0. The number of methoxy groups -OCH3 is 1. The molecule has 2 rings (SSSR count). The van der Waals surface area contributed by atoms with Crippen molar-refractivity contribution in [2.24, 2.45) is 0 Å². The third-order valence-electron chi connectivity index (χ3n) is 3.47. The van der Waals surface area contributed by atoms with Gasteiger partial charge in [0.25, 0.3) is 0 Å². The number of hydrogen-bond donors (Lipinski definition) is 1. The highest BCUT2D eigenvalue weighted by Crippen LogP contribution is 2.22. The summed E-state index contributed by atoms with van der Waals surface area (Å²) in [5, 5.41) is 3.38. The van der Waals surface area contributed by atoms with Crippen LogP contribution >= 0.6 is 22.6 Å². The lowest BCUT2D eigenvalue weighted by molar-refractivity contribution is 0.0156. The first-order chi connectivity index (χ1) is 10.2. The highest BCUT2D eigenvalue weighted by molar-refractivity contribution is 14.1. The third-order valence-corrected chi connectivity index (χ3v) is 4.61. The Morgan fingerprint density at radius 3 is 2.90 bits per heavy atom. The number of nitrogens with zero attached hydrogens (tertiary/aromatic N) is 2. The summed E-state index contributed by atoms with van der Waals surface area (Å²) < 4.78 is 12.1. The zero-order chi connectivity index (χ0) is 15.1. The van der Waals surface area contributed by atoms with E-state index in [9.17, 15) is 0 Å². The van der Waals surface area contributed by atoms with Gasteiger partial charge < -0.3 is 14.8 Å². The maximum atomic E-state index is 5.80. The molecule has 0 bridgehead atoms. The summed E-state index contributed by atoms with van der Waals surface area (Å²) in [5.74, 6) is 1.78.